The van der Waals surface area contributed by atoms with Gasteiger partial charge in [-0.15, -0.1) is 0 Å². The molecule has 0 unspecified atom stereocenters. The minimum absolute atomic E-state index is 0.0563. The predicted molar refractivity (Wildman–Crippen MR) is 97.3 cm³/mol. The molecule has 1 amide bonds. The van der Waals surface area contributed by atoms with Crippen molar-refractivity contribution in [2.24, 2.45) is 0 Å². The summed E-state index contributed by atoms with van der Waals surface area (Å²) in [6.45, 7) is 0.490. The van der Waals surface area contributed by atoms with Gasteiger partial charge in [0.15, 0.2) is 0 Å². The highest BCUT2D eigenvalue weighted by molar-refractivity contribution is 7.89. The predicted octanol–water partition coefficient (Wildman–Crippen LogP) is 2.75. The van der Waals surface area contributed by atoms with Crippen LogP contribution < -0.4 is 10.0 Å². The van der Waals surface area contributed by atoms with Gasteiger partial charge in [0.25, 0.3) is 5.91 Å². The molecule has 25 heavy (non-hydrogen) atoms. The average molecular weight is 379 g/mol. The maximum Gasteiger partial charge on any atom is 0.251 e. The SMILES string of the molecule is O=C(NCCc1ccc(Cl)cc1)c1ccc(S(=O)(=O)NC2CC2)cc1. The Kier molecular flexibility index (Phi) is 5.42. The number of hydrogen-bond donors (Lipinski definition) is 2. The minimum atomic E-state index is -3.49. The molecule has 0 heterocycles. The molecule has 0 radical (unpaired) electrons. The summed E-state index contributed by atoms with van der Waals surface area (Å²) in [6, 6.07) is 13.5. The maximum absolute atomic E-state index is 12.1. The second-order valence-electron chi connectivity index (χ2n) is 6.05. The standard InChI is InChI=1S/C18H19ClN2O3S/c19-15-5-1-13(2-6-15)11-12-20-18(22)14-3-9-17(10-4-14)25(23,24)21-16-7-8-16/h1-6,9-10,16,21H,7-8,11-12H2,(H,20,22). The summed E-state index contributed by atoms with van der Waals surface area (Å²) < 4.78 is 26.8. The van der Waals surface area contributed by atoms with Crippen LogP contribution in [0.25, 0.3) is 0 Å². The first kappa shape index (κ1) is 17.9. The fourth-order valence-corrected chi connectivity index (χ4v) is 3.78. The van der Waals surface area contributed by atoms with E-state index < -0.39 is 10.0 Å². The summed E-state index contributed by atoms with van der Waals surface area (Å²) in [5.74, 6) is -0.229. The zero-order valence-electron chi connectivity index (χ0n) is 13.5. The van der Waals surface area contributed by atoms with E-state index in [1.54, 1.807) is 0 Å². The fraction of sp³-hybridized carbons (Fsp3) is 0.278. The van der Waals surface area contributed by atoms with Crippen molar-refractivity contribution in [3.05, 3.63) is 64.7 Å². The van der Waals surface area contributed by atoms with Gasteiger partial charge >= 0.3 is 0 Å². The van der Waals surface area contributed by atoms with Crippen molar-refractivity contribution < 1.29 is 13.2 Å². The lowest BCUT2D eigenvalue weighted by atomic mass is 10.1. The smallest absolute Gasteiger partial charge is 0.251 e. The van der Waals surface area contributed by atoms with Crippen molar-refractivity contribution in [3.8, 4) is 0 Å². The molecule has 0 atom stereocenters. The Morgan fingerprint density at radius 2 is 1.68 bits per heavy atom. The van der Waals surface area contributed by atoms with Crippen LogP contribution in [0.15, 0.2) is 53.4 Å². The molecule has 0 spiro atoms. The highest BCUT2D eigenvalue weighted by Crippen LogP contribution is 2.22. The van der Waals surface area contributed by atoms with Gasteiger partial charge in [-0.25, -0.2) is 13.1 Å². The van der Waals surface area contributed by atoms with Gasteiger partial charge in [0.05, 0.1) is 4.90 Å². The largest absolute Gasteiger partial charge is 0.352 e. The van der Waals surface area contributed by atoms with E-state index in [0.717, 1.165) is 18.4 Å². The molecular weight excluding hydrogens is 360 g/mol. The normalized spacial score (nSPS) is 14.3. The molecule has 7 heteroatoms. The molecule has 2 N–H and O–H groups in total. The van der Waals surface area contributed by atoms with E-state index in [9.17, 15) is 13.2 Å². The number of sulfonamides is 1. The number of carbonyl (C=O) groups excluding carboxylic acids is 1. The number of rotatable bonds is 7. The first-order chi connectivity index (χ1) is 11.9. The Morgan fingerprint density at radius 3 is 2.28 bits per heavy atom. The number of nitrogens with one attached hydrogen (secondary N) is 2. The monoisotopic (exact) mass is 378 g/mol. The Balaban J connectivity index is 1.54. The third-order valence-electron chi connectivity index (χ3n) is 3.94. The molecule has 2 aromatic rings. The van der Waals surface area contributed by atoms with Gasteiger partial charge in [0.2, 0.25) is 10.0 Å². The summed E-state index contributed by atoms with van der Waals surface area (Å²) >= 11 is 5.84. The number of halogens is 1. The average Bonchev–Trinajstić information content (AvgIpc) is 3.40. The Labute approximate surface area is 152 Å². The third kappa shape index (κ3) is 5.04. The fourth-order valence-electron chi connectivity index (χ4n) is 2.35. The lowest BCUT2D eigenvalue weighted by Crippen LogP contribution is -2.27. The Hall–Kier alpha value is -1.89. The van der Waals surface area contributed by atoms with Gasteiger partial charge < -0.3 is 5.32 Å². The van der Waals surface area contributed by atoms with Crippen LogP contribution in [0.2, 0.25) is 5.02 Å². The second-order valence-corrected chi connectivity index (χ2v) is 8.20. The first-order valence-electron chi connectivity index (χ1n) is 8.09. The summed E-state index contributed by atoms with van der Waals surface area (Å²) in [5, 5.41) is 3.51. The van der Waals surface area contributed by atoms with Gasteiger partial charge in [-0.1, -0.05) is 23.7 Å². The van der Waals surface area contributed by atoms with Crippen molar-refractivity contribution in [3.63, 3.8) is 0 Å². The van der Waals surface area contributed by atoms with Crippen LogP contribution in [0.4, 0.5) is 0 Å². The molecule has 0 bridgehead atoms. The van der Waals surface area contributed by atoms with Crippen molar-refractivity contribution in [1.82, 2.24) is 10.0 Å². The van der Waals surface area contributed by atoms with Crippen LogP contribution in [-0.4, -0.2) is 26.9 Å². The van der Waals surface area contributed by atoms with E-state index >= 15 is 0 Å². The molecular formula is C18H19ClN2O3S. The highest BCUT2D eigenvalue weighted by atomic mass is 35.5. The van der Waals surface area contributed by atoms with Gasteiger partial charge in [-0.3, -0.25) is 4.79 Å². The van der Waals surface area contributed by atoms with E-state index in [4.69, 9.17) is 11.6 Å². The molecule has 1 aliphatic carbocycles. The number of hydrogen-bond acceptors (Lipinski definition) is 3. The molecule has 1 fully saturated rings. The first-order valence-corrected chi connectivity index (χ1v) is 9.95. The van der Waals surface area contributed by atoms with Crippen molar-refractivity contribution in [2.75, 3.05) is 6.54 Å². The van der Waals surface area contributed by atoms with Crippen molar-refractivity contribution in [1.29, 1.82) is 0 Å². The van der Waals surface area contributed by atoms with Gasteiger partial charge in [0.1, 0.15) is 0 Å². The molecule has 3 rings (SSSR count). The number of benzene rings is 2. The topological polar surface area (TPSA) is 75.3 Å². The van der Waals surface area contributed by atoms with E-state index in [0.29, 0.717) is 23.6 Å². The van der Waals surface area contributed by atoms with Crippen LogP contribution in [-0.2, 0) is 16.4 Å². The molecule has 0 saturated heterocycles. The molecule has 1 aliphatic rings. The minimum Gasteiger partial charge on any atom is -0.352 e. The molecule has 132 valence electrons. The summed E-state index contributed by atoms with van der Waals surface area (Å²) in [5.41, 5.74) is 1.51. The zero-order chi connectivity index (χ0) is 17.9. The van der Waals surface area contributed by atoms with Gasteiger partial charge in [-0.2, -0.15) is 0 Å². The van der Waals surface area contributed by atoms with Crippen LogP contribution >= 0.6 is 11.6 Å². The van der Waals surface area contributed by atoms with Crippen molar-refractivity contribution in [2.45, 2.75) is 30.2 Å². The van der Waals surface area contributed by atoms with Crippen LogP contribution in [0.5, 0.6) is 0 Å². The lowest BCUT2D eigenvalue weighted by molar-refractivity contribution is 0.0954. The quantitative estimate of drug-likeness (QED) is 0.777. The number of amides is 1. The molecule has 0 aliphatic heterocycles. The molecule has 0 aromatic heterocycles. The van der Waals surface area contributed by atoms with Gasteiger partial charge in [-0.05, 0) is 61.2 Å². The molecule has 1 saturated carbocycles. The Bertz CT molecular complexity index is 845. The highest BCUT2D eigenvalue weighted by Gasteiger charge is 2.27. The van der Waals surface area contributed by atoms with Crippen molar-refractivity contribution >= 4 is 27.5 Å². The van der Waals surface area contributed by atoms with E-state index in [1.807, 2.05) is 24.3 Å². The maximum atomic E-state index is 12.1. The molecule has 5 nitrogen and oxygen atoms in total. The van der Waals surface area contributed by atoms with E-state index in [-0.39, 0.29) is 16.8 Å². The van der Waals surface area contributed by atoms with E-state index in [2.05, 4.69) is 10.0 Å². The molecule has 2 aromatic carbocycles. The van der Waals surface area contributed by atoms with Crippen LogP contribution in [0, 0.1) is 0 Å². The zero-order valence-corrected chi connectivity index (χ0v) is 15.1. The lowest BCUT2D eigenvalue weighted by Gasteiger charge is -2.08. The summed E-state index contributed by atoms with van der Waals surface area (Å²) in [4.78, 5) is 12.3. The van der Waals surface area contributed by atoms with E-state index in [1.165, 1.54) is 24.3 Å². The third-order valence-corrected chi connectivity index (χ3v) is 5.73. The van der Waals surface area contributed by atoms with Crippen LogP contribution in [0.1, 0.15) is 28.8 Å². The number of carbonyl (C=O) groups is 1. The summed E-state index contributed by atoms with van der Waals surface area (Å²) in [7, 11) is -3.49. The Morgan fingerprint density at radius 1 is 1.04 bits per heavy atom. The van der Waals surface area contributed by atoms with Crippen LogP contribution in [0.3, 0.4) is 0 Å². The summed E-state index contributed by atoms with van der Waals surface area (Å²) in [6.07, 6.45) is 2.46. The van der Waals surface area contributed by atoms with Gasteiger partial charge in [0, 0.05) is 23.2 Å². The second kappa shape index (κ2) is 7.56.